The van der Waals surface area contributed by atoms with Gasteiger partial charge >= 0.3 is 0 Å². The van der Waals surface area contributed by atoms with Crippen molar-refractivity contribution >= 4 is 29.2 Å². The number of aromatic amines is 1. The van der Waals surface area contributed by atoms with E-state index in [4.69, 9.17) is 5.73 Å². The molecule has 0 bridgehead atoms. The molecule has 6 heteroatoms. The van der Waals surface area contributed by atoms with E-state index >= 15 is 0 Å². The largest absolute Gasteiger partial charge is 0.361 e. The summed E-state index contributed by atoms with van der Waals surface area (Å²) in [5, 5.41) is 3.83. The molecule has 1 amide bonds. The van der Waals surface area contributed by atoms with Crippen molar-refractivity contribution in [2.45, 2.75) is 33.2 Å². The zero-order chi connectivity index (χ0) is 15.6. The number of rotatable bonds is 4. The van der Waals surface area contributed by atoms with Gasteiger partial charge in [-0.15, -0.1) is 12.4 Å². The number of nitrogens with two attached hydrogens (primary N) is 1. The standard InChI is InChI=1S/C16H22FN3O.ClH/c1-16(2,3)14(18)15(21)19-7-6-10-9-20-13-8-11(17)4-5-12(10)13;/h4-5,8-9,14,20H,6-7,18H2,1-3H3,(H,19,21);1H/t14-;/m1./s1. The van der Waals surface area contributed by atoms with E-state index in [-0.39, 0.29) is 29.5 Å². The summed E-state index contributed by atoms with van der Waals surface area (Å²) in [6.07, 6.45) is 2.52. The molecule has 2 aromatic rings. The summed E-state index contributed by atoms with van der Waals surface area (Å²) in [6.45, 7) is 6.31. The molecule has 1 aromatic heterocycles. The first-order chi connectivity index (χ1) is 9.79. The SMILES string of the molecule is CC(C)(C)[C@H](N)C(=O)NCCc1c[nH]c2cc(F)ccc12.Cl. The first-order valence-electron chi connectivity index (χ1n) is 7.08. The Hall–Kier alpha value is -1.59. The Morgan fingerprint density at radius 3 is 2.73 bits per heavy atom. The van der Waals surface area contributed by atoms with Gasteiger partial charge < -0.3 is 16.0 Å². The van der Waals surface area contributed by atoms with Crippen LogP contribution in [0.5, 0.6) is 0 Å². The maximum atomic E-state index is 13.1. The first-order valence-corrected chi connectivity index (χ1v) is 7.08. The summed E-state index contributed by atoms with van der Waals surface area (Å²) in [5.41, 5.74) is 7.46. The molecule has 122 valence electrons. The quantitative estimate of drug-likeness (QED) is 0.808. The van der Waals surface area contributed by atoms with Crippen LogP contribution in [-0.2, 0) is 11.2 Å². The van der Waals surface area contributed by atoms with Crippen LogP contribution in [0.3, 0.4) is 0 Å². The Morgan fingerprint density at radius 2 is 2.09 bits per heavy atom. The Labute approximate surface area is 136 Å². The second-order valence-corrected chi connectivity index (χ2v) is 6.39. The van der Waals surface area contributed by atoms with Crippen LogP contribution < -0.4 is 11.1 Å². The highest BCUT2D eigenvalue weighted by Crippen LogP contribution is 2.20. The van der Waals surface area contributed by atoms with E-state index in [1.165, 1.54) is 12.1 Å². The number of fused-ring (bicyclic) bond motifs is 1. The topological polar surface area (TPSA) is 70.9 Å². The van der Waals surface area contributed by atoms with Crippen molar-refractivity contribution in [1.29, 1.82) is 0 Å². The number of hydrogen-bond acceptors (Lipinski definition) is 2. The minimum Gasteiger partial charge on any atom is -0.361 e. The maximum absolute atomic E-state index is 13.1. The van der Waals surface area contributed by atoms with E-state index in [0.717, 1.165) is 16.5 Å². The second kappa shape index (κ2) is 7.11. The lowest BCUT2D eigenvalue weighted by molar-refractivity contribution is -0.124. The van der Waals surface area contributed by atoms with Crippen molar-refractivity contribution < 1.29 is 9.18 Å². The molecule has 0 saturated carbocycles. The second-order valence-electron chi connectivity index (χ2n) is 6.39. The third kappa shape index (κ3) is 4.21. The van der Waals surface area contributed by atoms with Crippen LogP contribution >= 0.6 is 12.4 Å². The third-order valence-electron chi connectivity index (χ3n) is 3.64. The smallest absolute Gasteiger partial charge is 0.237 e. The minimum absolute atomic E-state index is 0. The van der Waals surface area contributed by atoms with Crippen molar-refractivity contribution in [2.24, 2.45) is 11.1 Å². The average molecular weight is 328 g/mol. The number of nitrogens with one attached hydrogen (secondary N) is 2. The van der Waals surface area contributed by atoms with Crippen LogP contribution in [0.1, 0.15) is 26.3 Å². The summed E-state index contributed by atoms with van der Waals surface area (Å²) < 4.78 is 13.1. The molecule has 1 aromatic carbocycles. The lowest BCUT2D eigenvalue weighted by Crippen LogP contribution is -2.48. The predicted octanol–water partition coefficient (Wildman–Crippen LogP) is 2.76. The molecule has 22 heavy (non-hydrogen) atoms. The number of hydrogen-bond donors (Lipinski definition) is 3. The highest BCUT2D eigenvalue weighted by Gasteiger charge is 2.26. The van der Waals surface area contributed by atoms with Crippen LogP contribution in [-0.4, -0.2) is 23.5 Å². The van der Waals surface area contributed by atoms with Crippen LogP contribution in [0.2, 0.25) is 0 Å². The molecule has 0 radical (unpaired) electrons. The van der Waals surface area contributed by atoms with E-state index < -0.39 is 6.04 Å². The van der Waals surface area contributed by atoms with E-state index in [2.05, 4.69) is 10.3 Å². The molecule has 0 spiro atoms. The van der Waals surface area contributed by atoms with Crippen LogP contribution in [0.4, 0.5) is 4.39 Å². The van der Waals surface area contributed by atoms with Gasteiger partial charge in [0.1, 0.15) is 5.82 Å². The molecule has 0 aliphatic carbocycles. The van der Waals surface area contributed by atoms with Gasteiger partial charge in [0, 0.05) is 23.6 Å². The Kier molecular flexibility index (Phi) is 5.97. The molecular formula is C16H23ClFN3O. The van der Waals surface area contributed by atoms with Gasteiger partial charge in [-0.25, -0.2) is 4.39 Å². The van der Waals surface area contributed by atoms with E-state index in [1.807, 2.05) is 27.0 Å². The summed E-state index contributed by atoms with van der Waals surface area (Å²) in [4.78, 5) is 15.0. The maximum Gasteiger partial charge on any atom is 0.237 e. The summed E-state index contributed by atoms with van der Waals surface area (Å²) >= 11 is 0. The minimum atomic E-state index is -0.533. The highest BCUT2D eigenvalue weighted by atomic mass is 35.5. The lowest BCUT2D eigenvalue weighted by Gasteiger charge is -2.25. The molecule has 0 fully saturated rings. The van der Waals surface area contributed by atoms with Crippen molar-refractivity contribution in [1.82, 2.24) is 10.3 Å². The van der Waals surface area contributed by atoms with Gasteiger partial charge in [0.2, 0.25) is 5.91 Å². The third-order valence-corrected chi connectivity index (χ3v) is 3.64. The molecule has 0 saturated heterocycles. The summed E-state index contributed by atoms with van der Waals surface area (Å²) in [7, 11) is 0. The Bertz CT molecular complexity index is 648. The molecule has 4 N–H and O–H groups in total. The Balaban J connectivity index is 0.00000242. The number of amides is 1. The van der Waals surface area contributed by atoms with Gasteiger partial charge in [-0.3, -0.25) is 4.79 Å². The van der Waals surface area contributed by atoms with Crippen LogP contribution in [0.15, 0.2) is 24.4 Å². The fraction of sp³-hybridized carbons (Fsp3) is 0.438. The molecular weight excluding hydrogens is 305 g/mol. The van der Waals surface area contributed by atoms with Gasteiger partial charge in [-0.05, 0) is 35.6 Å². The number of benzene rings is 1. The molecule has 2 rings (SSSR count). The average Bonchev–Trinajstić information content (AvgIpc) is 2.79. The number of carbonyl (C=O) groups excluding carboxylic acids is 1. The first kappa shape index (κ1) is 18.5. The number of aromatic nitrogens is 1. The number of carbonyl (C=O) groups is 1. The fourth-order valence-electron chi connectivity index (χ4n) is 2.19. The number of halogens is 2. The van der Waals surface area contributed by atoms with Gasteiger partial charge in [-0.1, -0.05) is 20.8 Å². The molecule has 0 aliphatic heterocycles. The molecule has 0 unspecified atom stereocenters. The lowest BCUT2D eigenvalue weighted by atomic mass is 9.87. The monoisotopic (exact) mass is 327 g/mol. The van der Waals surface area contributed by atoms with Crippen molar-refractivity contribution in [3.8, 4) is 0 Å². The molecule has 1 heterocycles. The van der Waals surface area contributed by atoms with Crippen LogP contribution in [0.25, 0.3) is 10.9 Å². The van der Waals surface area contributed by atoms with Crippen molar-refractivity contribution in [3.05, 3.63) is 35.8 Å². The van der Waals surface area contributed by atoms with Crippen molar-refractivity contribution in [2.75, 3.05) is 6.54 Å². The predicted molar refractivity (Wildman–Crippen MR) is 89.6 cm³/mol. The van der Waals surface area contributed by atoms with E-state index in [1.54, 1.807) is 6.07 Å². The van der Waals surface area contributed by atoms with Crippen molar-refractivity contribution in [3.63, 3.8) is 0 Å². The fourth-order valence-corrected chi connectivity index (χ4v) is 2.19. The zero-order valence-corrected chi connectivity index (χ0v) is 13.9. The molecule has 1 atom stereocenters. The normalized spacial score (nSPS) is 12.8. The molecule has 0 aliphatic rings. The van der Waals surface area contributed by atoms with Gasteiger partial charge in [-0.2, -0.15) is 0 Å². The Morgan fingerprint density at radius 1 is 1.41 bits per heavy atom. The molecule has 4 nitrogen and oxygen atoms in total. The van der Waals surface area contributed by atoms with Gasteiger partial charge in [0.25, 0.3) is 0 Å². The van der Waals surface area contributed by atoms with Gasteiger partial charge in [0.05, 0.1) is 6.04 Å². The van der Waals surface area contributed by atoms with E-state index in [0.29, 0.717) is 13.0 Å². The van der Waals surface area contributed by atoms with Gasteiger partial charge in [0.15, 0.2) is 0 Å². The summed E-state index contributed by atoms with van der Waals surface area (Å²) in [6, 6.07) is 4.12. The number of H-pyrrole nitrogens is 1. The summed E-state index contributed by atoms with van der Waals surface area (Å²) in [5.74, 6) is -0.409. The van der Waals surface area contributed by atoms with Crippen LogP contribution in [0, 0.1) is 11.2 Å². The van der Waals surface area contributed by atoms with E-state index in [9.17, 15) is 9.18 Å². The highest BCUT2D eigenvalue weighted by molar-refractivity contribution is 5.85. The zero-order valence-electron chi connectivity index (χ0n) is 13.1.